The van der Waals surface area contributed by atoms with Gasteiger partial charge in [-0.25, -0.2) is 18.4 Å². The zero-order valence-corrected chi connectivity index (χ0v) is 13.5. The number of carbonyl (C=O) groups excluding carboxylic acids is 2. The molecule has 0 bridgehead atoms. The fourth-order valence-corrected chi connectivity index (χ4v) is 2.34. The molecule has 24 heavy (non-hydrogen) atoms. The van der Waals surface area contributed by atoms with Crippen molar-refractivity contribution in [3.8, 4) is 5.75 Å². The van der Waals surface area contributed by atoms with Crippen LogP contribution < -0.4 is 20.5 Å². The Labute approximate surface area is 138 Å². The van der Waals surface area contributed by atoms with E-state index < -0.39 is 22.0 Å². The number of benzene rings is 2. The summed E-state index contributed by atoms with van der Waals surface area (Å²) in [5, 5.41) is 10.1. The Morgan fingerprint density at radius 3 is 2.21 bits per heavy atom. The maximum Gasteiger partial charge on any atom is 0.323 e. The van der Waals surface area contributed by atoms with E-state index in [1.807, 2.05) is 0 Å². The van der Waals surface area contributed by atoms with Crippen LogP contribution in [0.2, 0.25) is 0 Å². The molecule has 0 unspecified atom stereocenters. The number of amides is 2. The van der Waals surface area contributed by atoms with Crippen LogP contribution in [0.4, 0.5) is 16.2 Å². The fraction of sp³-hybridized carbons (Fsp3) is 0.0667. The summed E-state index contributed by atoms with van der Waals surface area (Å²) in [6, 6.07) is 11.2. The van der Waals surface area contributed by atoms with Crippen molar-refractivity contribution in [2.75, 3.05) is 10.6 Å². The first-order chi connectivity index (χ1) is 11.2. The zero-order chi connectivity index (χ0) is 17.7. The van der Waals surface area contributed by atoms with Crippen molar-refractivity contribution in [1.29, 1.82) is 0 Å². The second kappa shape index (κ2) is 7.11. The highest BCUT2D eigenvalue weighted by Crippen LogP contribution is 2.18. The van der Waals surface area contributed by atoms with Gasteiger partial charge in [0.15, 0.2) is 0 Å². The van der Waals surface area contributed by atoms with Crippen LogP contribution in [0.3, 0.4) is 0 Å². The van der Waals surface area contributed by atoms with Gasteiger partial charge in [-0.1, -0.05) is 6.07 Å². The molecule has 0 aliphatic rings. The summed E-state index contributed by atoms with van der Waals surface area (Å²) < 4.78 is 27.2. The summed E-state index contributed by atoms with van der Waals surface area (Å²) in [5.41, 5.74) is 0.809. The van der Waals surface area contributed by atoms with Gasteiger partial charge in [-0.05, 0) is 36.4 Å². The second-order valence-corrected chi connectivity index (χ2v) is 6.33. The van der Waals surface area contributed by atoms with Crippen LogP contribution in [0.15, 0.2) is 53.4 Å². The SMILES string of the molecule is CC(=O)Oc1cccc(NC(=O)Nc2ccc(S(N)(=O)=O)cc2)c1. The minimum atomic E-state index is -3.78. The zero-order valence-electron chi connectivity index (χ0n) is 12.6. The number of primary sulfonamides is 1. The number of ether oxygens (including phenoxy) is 1. The molecule has 0 saturated carbocycles. The van der Waals surface area contributed by atoms with E-state index in [9.17, 15) is 18.0 Å². The molecular weight excluding hydrogens is 334 g/mol. The van der Waals surface area contributed by atoms with E-state index >= 15 is 0 Å². The van der Waals surface area contributed by atoms with E-state index in [2.05, 4.69) is 10.6 Å². The van der Waals surface area contributed by atoms with Crippen LogP contribution in [0.1, 0.15) is 6.92 Å². The monoisotopic (exact) mass is 349 g/mol. The first kappa shape index (κ1) is 17.4. The number of carbonyl (C=O) groups is 2. The Morgan fingerprint density at radius 2 is 1.62 bits per heavy atom. The number of urea groups is 1. The Hall–Kier alpha value is -2.91. The Bertz CT molecular complexity index is 863. The maximum atomic E-state index is 11.9. The molecule has 0 aliphatic carbocycles. The third kappa shape index (κ3) is 5.07. The molecule has 2 aromatic rings. The Balaban J connectivity index is 2.02. The topological polar surface area (TPSA) is 128 Å². The highest BCUT2D eigenvalue weighted by Gasteiger charge is 2.08. The highest BCUT2D eigenvalue weighted by molar-refractivity contribution is 7.89. The van der Waals surface area contributed by atoms with Gasteiger partial charge in [0.2, 0.25) is 10.0 Å². The van der Waals surface area contributed by atoms with Gasteiger partial charge in [-0.3, -0.25) is 4.79 Å². The molecular formula is C15H15N3O5S. The normalized spacial score (nSPS) is 10.8. The average Bonchev–Trinajstić information content (AvgIpc) is 2.46. The quantitative estimate of drug-likeness (QED) is 0.574. The lowest BCUT2D eigenvalue weighted by Gasteiger charge is -2.09. The van der Waals surface area contributed by atoms with Crippen molar-refractivity contribution in [3.63, 3.8) is 0 Å². The minimum absolute atomic E-state index is 0.0532. The molecule has 4 N–H and O–H groups in total. The molecule has 2 amide bonds. The predicted molar refractivity (Wildman–Crippen MR) is 88.2 cm³/mol. The van der Waals surface area contributed by atoms with E-state index in [1.54, 1.807) is 18.2 Å². The third-order valence-corrected chi connectivity index (χ3v) is 3.72. The number of nitrogens with two attached hydrogens (primary N) is 1. The largest absolute Gasteiger partial charge is 0.427 e. The van der Waals surface area contributed by atoms with E-state index in [1.165, 1.54) is 37.3 Å². The molecule has 0 fully saturated rings. The number of hydrogen-bond donors (Lipinski definition) is 3. The van der Waals surface area contributed by atoms with Crippen molar-refractivity contribution < 1.29 is 22.7 Å². The standard InChI is InChI=1S/C15H15N3O5S/c1-10(19)23-13-4-2-3-12(9-13)18-15(20)17-11-5-7-14(8-6-11)24(16,21)22/h2-9H,1H3,(H2,16,21,22)(H2,17,18,20). The number of rotatable bonds is 4. The lowest BCUT2D eigenvalue weighted by molar-refractivity contribution is -0.131. The van der Waals surface area contributed by atoms with Crippen molar-refractivity contribution in [3.05, 3.63) is 48.5 Å². The van der Waals surface area contributed by atoms with E-state index in [4.69, 9.17) is 9.88 Å². The molecule has 126 valence electrons. The summed E-state index contributed by atoms with van der Waals surface area (Å²) in [4.78, 5) is 22.8. The molecule has 0 heterocycles. The lowest BCUT2D eigenvalue weighted by Crippen LogP contribution is -2.19. The summed E-state index contributed by atoms with van der Waals surface area (Å²) in [5.74, 6) is -0.163. The van der Waals surface area contributed by atoms with Crippen molar-refractivity contribution >= 4 is 33.4 Å². The Morgan fingerprint density at radius 1 is 1.00 bits per heavy atom. The molecule has 9 heteroatoms. The third-order valence-electron chi connectivity index (χ3n) is 2.79. The van der Waals surface area contributed by atoms with Crippen LogP contribution >= 0.6 is 0 Å². The number of anilines is 2. The lowest BCUT2D eigenvalue weighted by atomic mass is 10.3. The number of nitrogens with one attached hydrogen (secondary N) is 2. The molecule has 0 spiro atoms. The van der Waals surface area contributed by atoms with E-state index in [-0.39, 0.29) is 4.90 Å². The Kier molecular flexibility index (Phi) is 5.17. The summed E-state index contributed by atoms with van der Waals surface area (Å²) >= 11 is 0. The summed E-state index contributed by atoms with van der Waals surface area (Å²) in [6.45, 7) is 1.28. The van der Waals surface area contributed by atoms with Crippen LogP contribution in [-0.4, -0.2) is 20.4 Å². The van der Waals surface area contributed by atoms with Gasteiger partial charge in [0, 0.05) is 24.4 Å². The molecule has 0 aromatic heterocycles. The van der Waals surface area contributed by atoms with Crippen LogP contribution in [0.5, 0.6) is 5.75 Å². The fourth-order valence-electron chi connectivity index (χ4n) is 1.82. The average molecular weight is 349 g/mol. The molecule has 0 saturated heterocycles. The van der Waals surface area contributed by atoms with Gasteiger partial charge in [0.1, 0.15) is 5.75 Å². The molecule has 0 aliphatic heterocycles. The van der Waals surface area contributed by atoms with Gasteiger partial charge in [0.25, 0.3) is 0 Å². The number of esters is 1. The van der Waals surface area contributed by atoms with Gasteiger partial charge >= 0.3 is 12.0 Å². The number of sulfonamides is 1. The molecule has 2 aromatic carbocycles. The highest BCUT2D eigenvalue weighted by atomic mass is 32.2. The van der Waals surface area contributed by atoms with Crippen molar-refractivity contribution in [1.82, 2.24) is 0 Å². The van der Waals surface area contributed by atoms with Crippen molar-refractivity contribution in [2.24, 2.45) is 5.14 Å². The first-order valence-electron chi connectivity index (χ1n) is 6.73. The summed E-state index contributed by atoms with van der Waals surface area (Å²) in [7, 11) is -3.78. The maximum absolute atomic E-state index is 11.9. The molecule has 0 radical (unpaired) electrons. The van der Waals surface area contributed by atoms with E-state index in [0.717, 1.165) is 0 Å². The summed E-state index contributed by atoms with van der Waals surface area (Å²) in [6.07, 6.45) is 0. The van der Waals surface area contributed by atoms with Gasteiger partial charge < -0.3 is 15.4 Å². The van der Waals surface area contributed by atoms with Crippen molar-refractivity contribution in [2.45, 2.75) is 11.8 Å². The van der Waals surface area contributed by atoms with Gasteiger partial charge in [-0.2, -0.15) is 0 Å². The first-order valence-corrected chi connectivity index (χ1v) is 8.28. The van der Waals surface area contributed by atoms with Crippen LogP contribution in [-0.2, 0) is 14.8 Å². The minimum Gasteiger partial charge on any atom is -0.427 e. The van der Waals surface area contributed by atoms with E-state index in [0.29, 0.717) is 17.1 Å². The van der Waals surface area contributed by atoms with Crippen LogP contribution in [0, 0.1) is 0 Å². The van der Waals surface area contributed by atoms with Gasteiger partial charge in [-0.15, -0.1) is 0 Å². The molecule has 8 nitrogen and oxygen atoms in total. The second-order valence-electron chi connectivity index (χ2n) is 4.77. The van der Waals surface area contributed by atoms with Gasteiger partial charge in [0.05, 0.1) is 4.90 Å². The molecule has 2 rings (SSSR count). The molecule has 0 atom stereocenters. The predicted octanol–water partition coefficient (Wildman–Crippen LogP) is 1.90. The van der Waals surface area contributed by atoms with Crippen LogP contribution in [0.25, 0.3) is 0 Å². The number of hydrogen-bond acceptors (Lipinski definition) is 5. The smallest absolute Gasteiger partial charge is 0.323 e.